The molecule has 6 nitrogen and oxygen atoms in total. The first-order valence-electron chi connectivity index (χ1n) is 11.9. The van der Waals surface area contributed by atoms with Gasteiger partial charge >= 0.3 is 6.03 Å². The number of benzene rings is 1. The molecule has 1 N–H and O–H groups in total. The van der Waals surface area contributed by atoms with Crippen LogP contribution >= 0.6 is 0 Å². The van der Waals surface area contributed by atoms with Gasteiger partial charge in [0.2, 0.25) is 11.8 Å². The van der Waals surface area contributed by atoms with E-state index in [1.807, 2.05) is 27.7 Å². The molecule has 3 unspecified atom stereocenters. The Bertz CT molecular complexity index is 986. The van der Waals surface area contributed by atoms with E-state index < -0.39 is 11.7 Å². The average Bonchev–Trinajstić information content (AvgIpc) is 2.98. The van der Waals surface area contributed by atoms with Crippen LogP contribution in [0.25, 0.3) is 5.57 Å². The molecule has 0 bridgehead atoms. The number of hydrogen-bond acceptors (Lipinski definition) is 3. The fourth-order valence-electron chi connectivity index (χ4n) is 5.71. The summed E-state index contributed by atoms with van der Waals surface area (Å²) in [5.41, 5.74) is 4.78. The lowest BCUT2D eigenvalue weighted by molar-refractivity contribution is -0.143. The molecular weight excluding hydrogens is 402 g/mol. The molecule has 3 aliphatic rings. The molecule has 0 radical (unpaired) electrons. The fourth-order valence-corrected chi connectivity index (χ4v) is 5.71. The van der Waals surface area contributed by atoms with Gasteiger partial charge in [-0.05, 0) is 82.7 Å². The van der Waals surface area contributed by atoms with E-state index in [2.05, 4.69) is 37.4 Å². The van der Waals surface area contributed by atoms with Crippen molar-refractivity contribution in [2.45, 2.75) is 85.4 Å². The maximum Gasteiger partial charge on any atom is 0.324 e. The minimum Gasteiger partial charge on any atom is -0.317 e. The first-order valence-corrected chi connectivity index (χ1v) is 11.9. The van der Waals surface area contributed by atoms with Crippen molar-refractivity contribution in [3.63, 3.8) is 0 Å². The summed E-state index contributed by atoms with van der Waals surface area (Å²) in [6.45, 7) is 12.1. The summed E-state index contributed by atoms with van der Waals surface area (Å²) in [6, 6.07) is 3.90. The van der Waals surface area contributed by atoms with Crippen molar-refractivity contribution in [2.75, 3.05) is 4.90 Å². The molecule has 2 aliphatic heterocycles. The van der Waals surface area contributed by atoms with Crippen LogP contribution in [0.2, 0.25) is 0 Å². The average molecular weight is 438 g/mol. The van der Waals surface area contributed by atoms with Crippen molar-refractivity contribution in [1.29, 1.82) is 0 Å². The van der Waals surface area contributed by atoms with Gasteiger partial charge in [0.1, 0.15) is 6.17 Å². The van der Waals surface area contributed by atoms with Crippen molar-refractivity contribution in [1.82, 2.24) is 10.2 Å². The monoisotopic (exact) mass is 437 g/mol. The lowest BCUT2D eigenvalue weighted by Crippen LogP contribution is -2.59. The molecule has 172 valence electrons. The van der Waals surface area contributed by atoms with Gasteiger partial charge < -0.3 is 5.32 Å². The van der Waals surface area contributed by atoms with Gasteiger partial charge in [0.15, 0.2) is 0 Å². The van der Waals surface area contributed by atoms with E-state index in [9.17, 15) is 14.4 Å². The Balaban J connectivity index is 1.65. The van der Waals surface area contributed by atoms with Gasteiger partial charge in [-0.1, -0.05) is 25.8 Å². The highest BCUT2D eigenvalue weighted by Crippen LogP contribution is 2.41. The molecule has 1 aromatic carbocycles. The molecule has 4 amide bonds. The SMILES string of the molecule is CCC(NC(=O)N1c2cc(C)c(C)cc2C(C)=CC1(C)C)N1C(=O)C2CCCCC2C1=O. The summed E-state index contributed by atoms with van der Waals surface area (Å²) in [7, 11) is 0. The van der Waals surface area contributed by atoms with Gasteiger partial charge in [-0.3, -0.25) is 19.4 Å². The van der Waals surface area contributed by atoms with Crippen LogP contribution in [0.5, 0.6) is 0 Å². The molecule has 4 rings (SSSR count). The van der Waals surface area contributed by atoms with Gasteiger partial charge in [0.25, 0.3) is 0 Å². The Morgan fingerprint density at radius 2 is 1.62 bits per heavy atom. The van der Waals surface area contributed by atoms with Gasteiger partial charge in [-0.15, -0.1) is 0 Å². The predicted octanol–water partition coefficient (Wildman–Crippen LogP) is 4.93. The largest absolute Gasteiger partial charge is 0.324 e. The van der Waals surface area contributed by atoms with E-state index in [4.69, 9.17) is 0 Å². The van der Waals surface area contributed by atoms with Crippen LogP contribution in [-0.4, -0.2) is 34.5 Å². The van der Waals surface area contributed by atoms with Crippen molar-refractivity contribution in [3.8, 4) is 0 Å². The molecule has 1 saturated carbocycles. The number of allylic oxidation sites excluding steroid dienone is 1. The van der Waals surface area contributed by atoms with Crippen LogP contribution in [0.15, 0.2) is 18.2 Å². The van der Waals surface area contributed by atoms with Crippen LogP contribution in [0.4, 0.5) is 10.5 Å². The molecule has 2 fully saturated rings. The van der Waals surface area contributed by atoms with E-state index in [-0.39, 0.29) is 29.7 Å². The molecule has 3 atom stereocenters. The first kappa shape index (κ1) is 22.6. The third-order valence-electron chi connectivity index (χ3n) is 7.49. The third kappa shape index (κ3) is 3.54. The summed E-state index contributed by atoms with van der Waals surface area (Å²) >= 11 is 0. The summed E-state index contributed by atoms with van der Waals surface area (Å²) in [5, 5.41) is 3.04. The third-order valence-corrected chi connectivity index (χ3v) is 7.49. The lowest BCUT2D eigenvalue weighted by Gasteiger charge is -2.42. The number of carbonyl (C=O) groups is 3. The number of aryl methyl sites for hydroxylation is 2. The molecule has 32 heavy (non-hydrogen) atoms. The van der Waals surface area contributed by atoms with E-state index in [1.54, 1.807) is 4.90 Å². The normalized spacial score (nSPS) is 25.2. The van der Waals surface area contributed by atoms with Crippen molar-refractivity contribution in [3.05, 3.63) is 34.9 Å². The highest BCUT2D eigenvalue weighted by atomic mass is 16.2. The minimum absolute atomic E-state index is 0.118. The van der Waals surface area contributed by atoms with Crippen molar-refractivity contribution >= 4 is 29.1 Å². The molecule has 1 aromatic rings. The van der Waals surface area contributed by atoms with E-state index in [1.165, 1.54) is 10.5 Å². The number of hydrogen-bond donors (Lipinski definition) is 1. The summed E-state index contributed by atoms with van der Waals surface area (Å²) < 4.78 is 0. The van der Waals surface area contributed by atoms with Crippen LogP contribution < -0.4 is 10.2 Å². The zero-order valence-corrected chi connectivity index (χ0v) is 20.1. The number of likely N-dealkylation sites (tertiary alicyclic amines) is 1. The van der Waals surface area contributed by atoms with Gasteiger partial charge in [-0.25, -0.2) is 4.79 Å². The Hall–Kier alpha value is -2.63. The Morgan fingerprint density at radius 1 is 1.06 bits per heavy atom. The topological polar surface area (TPSA) is 69.7 Å². The fraction of sp³-hybridized carbons (Fsp3) is 0.577. The van der Waals surface area contributed by atoms with Crippen molar-refractivity contribution < 1.29 is 14.4 Å². The number of amides is 4. The summed E-state index contributed by atoms with van der Waals surface area (Å²) in [4.78, 5) is 43.0. The number of anilines is 1. The number of nitrogens with one attached hydrogen (secondary N) is 1. The van der Waals surface area contributed by atoms with Crippen LogP contribution in [0.3, 0.4) is 0 Å². The highest BCUT2D eigenvalue weighted by Gasteiger charge is 2.51. The maximum atomic E-state index is 13.7. The summed E-state index contributed by atoms with van der Waals surface area (Å²) in [6.07, 6.45) is 5.46. The quantitative estimate of drug-likeness (QED) is 0.682. The maximum absolute atomic E-state index is 13.7. The Labute approximate surface area is 191 Å². The Morgan fingerprint density at radius 3 is 2.19 bits per heavy atom. The second-order valence-corrected chi connectivity index (χ2v) is 10.2. The number of carbonyl (C=O) groups excluding carboxylic acids is 3. The second kappa shape index (κ2) is 8.05. The van der Waals surface area contributed by atoms with Gasteiger partial charge in [-0.2, -0.15) is 0 Å². The lowest BCUT2D eigenvalue weighted by atomic mass is 9.81. The van der Waals surface area contributed by atoms with Gasteiger partial charge in [0.05, 0.1) is 23.1 Å². The molecular formula is C26H35N3O3. The molecule has 1 saturated heterocycles. The number of imide groups is 1. The number of rotatable bonds is 3. The number of urea groups is 1. The zero-order valence-electron chi connectivity index (χ0n) is 20.1. The summed E-state index contributed by atoms with van der Waals surface area (Å²) in [5.74, 6) is -0.671. The molecule has 0 aromatic heterocycles. The van der Waals surface area contributed by atoms with E-state index >= 15 is 0 Å². The van der Waals surface area contributed by atoms with E-state index in [0.717, 1.165) is 48.1 Å². The predicted molar refractivity (Wildman–Crippen MR) is 126 cm³/mol. The molecule has 2 heterocycles. The minimum atomic E-state index is -0.633. The number of nitrogens with zero attached hydrogens (tertiary/aromatic N) is 2. The molecule has 0 spiro atoms. The second-order valence-electron chi connectivity index (χ2n) is 10.2. The molecule has 1 aliphatic carbocycles. The highest BCUT2D eigenvalue weighted by molar-refractivity contribution is 6.06. The van der Waals surface area contributed by atoms with Crippen molar-refractivity contribution in [2.24, 2.45) is 11.8 Å². The number of fused-ring (bicyclic) bond motifs is 2. The standard InChI is InChI=1S/C26H35N3O3/c1-7-22(28-23(30)18-10-8-9-11-19(18)24(28)31)27-25(32)29-21-13-16(3)15(2)12-20(21)17(4)14-26(29,5)6/h12-14,18-19,22H,7-11H2,1-6H3,(H,27,32). The zero-order chi connectivity index (χ0) is 23.4. The van der Waals surface area contributed by atoms with Gasteiger partial charge in [0, 0.05) is 5.56 Å². The van der Waals surface area contributed by atoms with E-state index in [0.29, 0.717) is 6.42 Å². The van der Waals surface area contributed by atoms with Crippen LogP contribution in [0, 0.1) is 25.7 Å². The van der Waals surface area contributed by atoms with Crippen LogP contribution in [-0.2, 0) is 9.59 Å². The van der Waals surface area contributed by atoms with Crippen LogP contribution in [0.1, 0.15) is 76.5 Å². The Kier molecular flexibility index (Phi) is 5.68. The first-order chi connectivity index (χ1) is 15.1. The molecule has 6 heteroatoms. The smallest absolute Gasteiger partial charge is 0.317 e.